The van der Waals surface area contributed by atoms with Gasteiger partial charge in [-0.15, -0.1) is 11.3 Å². The second-order valence-electron chi connectivity index (χ2n) is 2.47. The first-order valence-corrected chi connectivity index (χ1v) is 4.86. The lowest BCUT2D eigenvalue weighted by molar-refractivity contribution is -0.130. The maximum absolute atomic E-state index is 11.1. The van der Waals surface area contributed by atoms with E-state index in [9.17, 15) is 4.79 Å². The van der Waals surface area contributed by atoms with Crippen molar-refractivity contribution < 1.29 is 9.63 Å². The molecule has 0 fully saturated rings. The molecule has 1 aromatic rings. The third-order valence-electron chi connectivity index (χ3n) is 1.46. The summed E-state index contributed by atoms with van der Waals surface area (Å²) in [6.07, 6.45) is 0.303. The van der Waals surface area contributed by atoms with Gasteiger partial charge in [0.2, 0.25) is 5.91 Å². The Morgan fingerprint density at radius 2 is 2.46 bits per heavy atom. The van der Waals surface area contributed by atoms with Gasteiger partial charge in [0.05, 0.1) is 13.5 Å². The molecule has 0 saturated heterocycles. The van der Waals surface area contributed by atoms with Gasteiger partial charge < -0.3 is 4.98 Å². The minimum absolute atomic E-state index is 0.171. The molecule has 72 valence electrons. The Kier molecular flexibility index (Phi) is 3.58. The SMILES string of the molecule is CONC(=O)Cc1sc(=S)[nH]c1C. The number of hydrogen-bond donors (Lipinski definition) is 2. The standard InChI is InChI=1S/C7H10N2O2S2/c1-4-5(13-7(12)8-4)3-6(10)9-11-2/h3H2,1-2H3,(H,8,12)(H,9,10). The molecular weight excluding hydrogens is 208 g/mol. The first kappa shape index (κ1) is 10.4. The third-order valence-corrected chi connectivity index (χ3v) is 2.80. The maximum Gasteiger partial charge on any atom is 0.248 e. The van der Waals surface area contributed by atoms with E-state index in [1.54, 1.807) is 0 Å². The highest BCUT2D eigenvalue weighted by atomic mass is 32.1. The molecule has 0 atom stereocenters. The zero-order chi connectivity index (χ0) is 9.84. The minimum Gasteiger partial charge on any atom is -0.341 e. The fourth-order valence-electron chi connectivity index (χ4n) is 0.901. The van der Waals surface area contributed by atoms with Crippen molar-refractivity contribution in [3.8, 4) is 0 Å². The lowest BCUT2D eigenvalue weighted by Crippen LogP contribution is -2.23. The van der Waals surface area contributed by atoms with Crippen LogP contribution in [0.25, 0.3) is 0 Å². The molecule has 1 rings (SSSR count). The molecule has 13 heavy (non-hydrogen) atoms. The summed E-state index contributed by atoms with van der Waals surface area (Å²) in [5.41, 5.74) is 3.20. The van der Waals surface area contributed by atoms with Crippen molar-refractivity contribution in [2.45, 2.75) is 13.3 Å². The number of amides is 1. The van der Waals surface area contributed by atoms with E-state index >= 15 is 0 Å². The zero-order valence-electron chi connectivity index (χ0n) is 7.34. The quantitative estimate of drug-likeness (QED) is 0.594. The third kappa shape index (κ3) is 2.91. The first-order chi connectivity index (χ1) is 6.13. The topological polar surface area (TPSA) is 54.1 Å². The van der Waals surface area contributed by atoms with Gasteiger partial charge in [-0.3, -0.25) is 9.63 Å². The summed E-state index contributed by atoms with van der Waals surface area (Å²) in [5, 5.41) is 0. The number of aromatic nitrogens is 1. The van der Waals surface area contributed by atoms with E-state index in [-0.39, 0.29) is 5.91 Å². The lowest BCUT2D eigenvalue weighted by atomic mass is 10.3. The van der Waals surface area contributed by atoms with Crippen LogP contribution in [0.3, 0.4) is 0 Å². The zero-order valence-corrected chi connectivity index (χ0v) is 8.97. The van der Waals surface area contributed by atoms with Gasteiger partial charge in [-0.2, -0.15) is 0 Å². The summed E-state index contributed by atoms with van der Waals surface area (Å²) in [4.78, 5) is 19.5. The molecule has 4 nitrogen and oxygen atoms in total. The van der Waals surface area contributed by atoms with Crippen molar-refractivity contribution in [2.75, 3.05) is 7.11 Å². The molecule has 0 aliphatic rings. The predicted octanol–water partition coefficient (Wildman–Crippen LogP) is 1.33. The number of hydrogen-bond acceptors (Lipinski definition) is 4. The molecule has 1 aromatic heterocycles. The molecule has 1 heterocycles. The fourth-order valence-corrected chi connectivity index (χ4v) is 2.19. The number of thiazole rings is 1. The molecule has 0 aliphatic heterocycles. The van der Waals surface area contributed by atoms with E-state index in [0.717, 1.165) is 10.6 Å². The molecule has 0 saturated carbocycles. The van der Waals surface area contributed by atoms with E-state index in [1.165, 1.54) is 18.4 Å². The minimum atomic E-state index is -0.171. The monoisotopic (exact) mass is 218 g/mol. The van der Waals surface area contributed by atoms with Gasteiger partial charge in [0.15, 0.2) is 3.95 Å². The van der Waals surface area contributed by atoms with Gasteiger partial charge in [0.1, 0.15) is 0 Å². The van der Waals surface area contributed by atoms with Gasteiger partial charge in [0.25, 0.3) is 0 Å². The van der Waals surface area contributed by atoms with E-state index in [1.807, 2.05) is 6.92 Å². The van der Waals surface area contributed by atoms with Crippen LogP contribution >= 0.6 is 23.6 Å². The number of H-pyrrole nitrogens is 1. The normalized spacial score (nSPS) is 10.0. The Bertz CT molecular complexity index is 356. The average Bonchev–Trinajstić information content (AvgIpc) is 2.30. The molecule has 0 bridgehead atoms. The average molecular weight is 218 g/mol. The summed E-state index contributed by atoms with van der Waals surface area (Å²) in [7, 11) is 1.41. The number of rotatable bonds is 3. The van der Waals surface area contributed by atoms with Crippen molar-refractivity contribution in [3.05, 3.63) is 14.5 Å². The summed E-state index contributed by atoms with van der Waals surface area (Å²) >= 11 is 6.35. The number of aryl methyl sites for hydroxylation is 1. The van der Waals surface area contributed by atoms with Crippen LogP contribution in [-0.2, 0) is 16.1 Å². The van der Waals surface area contributed by atoms with Gasteiger partial charge in [-0.05, 0) is 19.1 Å². The van der Waals surface area contributed by atoms with Crippen LogP contribution in [0.4, 0.5) is 0 Å². The van der Waals surface area contributed by atoms with Crippen LogP contribution in [0.1, 0.15) is 10.6 Å². The number of hydroxylamine groups is 1. The van der Waals surface area contributed by atoms with Gasteiger partial charge in [0, 0.05) is 10.6 Å². The molecule has 2 N–H and O–H groups in total. The van der Waals surface area contributed by atoms with Crippen molar-refractivity contribution >= 4 is 29.5 Å². The molecule has 0 spiro atoms. The maximum atomic E-state index is 11.1. The van der Waals surface area contributed by atoms with Crippen molar-refractivity contribution in [2.24, 2.45) is 0 Å². The Morgan fingerprint density at radius 1 is 1.77 bits per heavy atom. The summed E-state index contributed by atoms with van der Waals surface area (Å²) in [6.45, 7) is 1.89. The summed E-state index contributed by atoms with van der Waals surface area (Å²) < 4.78 is 0.692. The van der Waals surface area contributed by atoms with E-state index in [2.05, 4.69) is 15.3 Å². The van der Waals surface area contributed by atoms with E-state index < -0.39 is 0 Å². The number of carbonyl (C=O) groups is 1. The Hall–Kier alpha value is -0.720. The molecule has 0 unspecified atom stereocenters. The van der Waals surface area contributed by atoms with Crippen LogP contribution in [0.2, 0.25) is 0 Å². The Balaban J connectivity index is 2.68. The molecule has 6 heteroatoms. The highest BCUT2D eigenvalue weighted by Crippen LogP contribution is 2.14. The lowest BCUT2D eigenvalue weighted by Gasteiger charge is -1.99. The largest absolute Gasteiger partial charge is 0.341 e. The molecule has 1 amide bonds. The van der Waals surface area contributed by atoms with Crippen LogP contribution in [0.5, 0.6) is 0 Å². The molecule has 0 radical (unpaired) electrons. The van der Waals surface area contributed by atoms with Crippen LogP contribution in [-0.4, -0.2) is 18.0 Å². The molecular formula is C7H10N2O2S2. The number of carbonyl (C=O) groups excluding carboxylic acids is 1. The summed E-state index contributed by atoms with van der Waals surface area (Å²) in [5.74, 6) is -0.171. The Labute approximate surface area is 84.9 Å². The Morgan fingerprint density at radius 3 is 2.92 bits per heavy atom. The predicted molar refractivity (Wildman–Crippen MR) is 53.1 cm³/mol. The van der Waals surface area contributed by atoms with Crippen molar-refractivity contribution in [1.29, 1.82) is 0 Å². The molecule has 0 aliphatic carbocycles. The molecule has 0 aromatic carbocycles. The van der Waals surface area contributed by atoms with Gasteiger partial charge in [-0.25, -0.2) is 5.48 Å². The van der Waals surface area contributed by atoms with Crippen LogP contribution in [0, 0.1) is 10.9 Å². The van der Waals surface area contributed by atoms with Crippen molar-refractivity contribution in [1.82, 2.24) is 10.5 Å². The number of aromatic amines is 1. The summed E-state index contributed by atoms with van der Waals surface area (Å²) in [6, 6.07) is 0. The second kappa shape index (κ2) is 4.50. The number of nitrogens with one attached hydrogen (secondary N) is 2. The first-order valence-electron chi connectivity index (χ1n) is 3.64. The van der Waals surface area contributed by atoms with E-state index in [0.29, 0.717) is 10.4 Å². The smallest absolute Gasteiger partial charge is 0.248 e. The highest BCUT2D eigenvalue weighted by Gasteiger charge is 2.07. The van der Waals surface area contributed by atoms with E-state index in [4.69, 9.17) is 12.2 Å². The van der Waals surface area contributed by atoms with Gasteiger partial charge in [-0.1, -0.05) is 0 Å². The van der Waals surface area contributed by atoms with Crippen LogP contribution in [0.15, 0.2) is 0 Å². The second-order valence-corrected chi connectivity index (χ2v) is 4.24. The van der Waals surface area contributed by atoms with Gasteiger partial charge >= 0.3 is 0 Å². The highest BCUT2D eigenvalue weighted by molar-refractivity contribution is 7.73. The fraction of sp³-hybridized carbons (Fsp3) is 0.429. The van der Waals surface area contributed by atoms with Crippen molar-refractivity contribution in [3.63, 3.8) is 0 Å². The van der Waals surface area contributed by atoms with Crippen LogP contribution < -0.4 is 5.48 Å².